The van der Waals surface area contributed by atoms with Crippen LogP contribution in [0.1, 0.15) is 15.2 Å². The summed E-state index contributed by atoms with van der Waals surface area (Å²) in [6, 6.07) is 1.80. The van der Waals surface area contributed by atoms with Crippen molar-refractivity contribution in [2.75, 3.05) is 0 Å². The summed E-state index contributed by atoms with van der Waals surface area (Å²) in [6.45, 7) is 0. The number of hydrogen-bond acceptors (Lipinski definition) is 5. The molecular formula is C8H5ClN2OS2. The summed E-state index contributed by atoms with van der Waals surface area (Å²) in [7, 11) is 0. The Hall–Kier alpha value is -0.780. The van der Waals surface area contributed by atoms with E-state index in [2.05, 4.69) is 9.59 Å². The second kappa shape index (κ2) is 4.16. The highest BCUT2D eigenvalue weighted by molar-refractivity contribution is 7.14. The highest BCUT2D eigenvalue weighted by atomic mass is 35.5. The fraction of sp³-hybridized carbons (Fsp3) is 0.125. The Morgan fingerprint density at radius 2 is 2.43 bits per heavy atom. The van der Waals surface area contributed by atoms with E-state index in [0.717, 1.165) is 17.1 Å². The quantitative estimate of drug-likeness (QED) is 0.780. The van der Waals surface area contributed by atoms with Gasteiger partial charge in [0.1, 0.15) is 4.88 Å². The molecule has 0 amide bonds. The van der Waals surface area contributed by atoms with Crippen molar-refractivity contribution in [2.45, 2.75) is 6.42 Å². The molecule has 2 rings (SSSR count). The van der Waals surface area contributed by atoms with E-state index >= 15 is 0 Å². The van der Waals surface area contributed by atoms with E-state index in [9.17, 15) is 4.79 Å². The summed E-state index contributed by atoms with van der Waals surface area (Å²) in [6.07, 6.45) is 1.86. The van der Waals surface area contributed by atoms with Gasteiger partial charge in [0.15, 0.2) is 5.78 Å². The Labute approximate surface area is 93.5 Å². The van der Waals surface area contributed by atoms with Crippen LogP contribution in [0.25, 0.3) is 0 Å². The van der Waals surface area contributed by atoms with Gasteiger partial charge in [0.25, 0.3) is 0 Å². The minimum absolute atomic E-state index is 0.0365. The maximum absolute atomic E-state index is 11.6. The van der Waals surface area contributed by atoms with Gasteiger partial charge < -0.3 is 0 Å². The number of nitrogens with zero attached hydrogens (tertiary/aromatic N) is 2. The predicted molar refractivity (Wildman–Crippen MR) is 57.3 cm³/mol. The second-order valence-corrected chi connectivity index (χ2v) is 4.97. The van der Waals surface area contributed by atoms with Gasteiger partial charge in [0.05, 0.1) is 10.5 Å². The number of aromatic nitrogens is 2. The lowest BCUT2D eigenvalue weighted by atomic mass is 10.1. The topological polar surface area (TPSA) is 42.9 Å². The standard InChI is InChI=1S/C8H5ClN2OS2/c9-8-2-5(4-13-8)1-6(12)7-3-10-11-14-7/h2-4H,1H2. The maximum atomic E-state index is 11.6. The molecule has 0 aromatic carbocycles. The average molecular weight is 245 g/mol. The lowest BCUT2D eigenvalue weighted by molar-refractivity contribution is 0.0997. The lowest BCUT2D eigenvalue weighted by Gasteiger charge is -1.92. The number of thiophene rings is 1. The van der Waals surface area contributed by atoms with Gasteiger partial charge in [-0.25, -0.2) is 0 Å². The van der Waals surface area contributed by atoms with Crippen LogP contribution in [-0.4, -0.2) is 15.4 Å². The summed E-state index contributed by atoms with van der Waals surface area (Å²) in [4.78, 5) is 12.2. The van der Waals surface area contributed by atoms with Gasteiger partial charge in [0, 0.05) is 6.42 Å². The van der Waals surface area contributed by atoms with Crippen LogP contribution in [0, 0.1) is 0 Å². The summed E-state index contributed by atoms with van der Waals surface area (Å²) < 4.78 is 4.34. The predicted octanol–water partition coefficient (Wildman–Crippen LogP) is 2.68. The molecule has 0 aliphatic rings. The molecule has 0 atom stereocenters. The molecule has 2 aromatic heterocycles. The average Bonchev–Trinajstić information content (AvgIpc) is 2.75. The van der Waals surface area contributed by atoms with Gasteiger partial charge in [-0.1, -0.05) is 16.1 Å². The Kier molecular flexibility index (Phi) is 2.90. The first-order valence-corrected chi connectivity index (χ1v) is 5.82. The number of carbonyl (C=O) groups excluding carboxylic acids is 1. The van der Waals surface area contributed by atoms with Gasteiger partial charge in [0.2, 0.25) is 0 Å². The Balaban J connectivity index is 2.09. The molecule has 3 nitrogen and oxygen atoms in total. The maximum Gasteiger partial charge on any atom is 0.180 e. The Morgan fingerprint density at radius 1 is 1.57 bits per heavy atom. The number of carbonyl (C=O) groups is 1. The van der Waals surface area contributed by atoms with Crippen molar-refractivity contribution in [2.24, 2.45) is 0 Å². The first kappa shape index (κ1) is 9.76. The van der Waals surface area contributed by atoms with Gasteiger partial charge in [-0.2, -0.15) is 0 Å². The van der Waals surface area contributed by atoms with Crippen LogP contribution in [0.3, 0.4) is 0 Å². The molecule has 0 bridgehead atoms. The molecule has 0 fully saturated rings. The van der Waals surface area contributed by atoms with Gasteiger partial charge in [-0.05, 0) is 28.5 Å². The molecular weight excluding hydrogens is 240 g/mol. The summed E-state index contributed by atoms with van der Waals surface area (Å²) in [5.74, 6) is 0.0365. The molecule has 14 heavy (non-hydrogen) atoms. The highest BCUT2D eigenvalue weighted by Crippen LogP contribution is 2.21. The van der Waals surface area contributed by atoms with Gasteiger partial charge in [-0.3, -0.25) is 4.79 Å². The normalized spacial score (nSPS) is 10.4. The zero-order chi connectivity index (χ0) is 9.97. The van der Waals surface area contributed by atoms with Gasteiger partial charge in [-0.15, -0.1) is 16.4 Å². The van der Waals surface area contributed by atoms with Crippen molar-refractivity contribution in [1.29, 1.82) is 0 Å². The van der Waals surface area contributed by atoms with Crippen molar-refractivity contribution in [1.82, 2.24) is 9.59 Å². The van der Waals surface area contributed by atoms with Crippen molar-refractivity contribution >= 4 is 40.3 Å². The van der Waals surface area contributed by atoms with Crippen molar-refractivity contribution in [3.05, 3.63) is 32.4 Å². The van der Waals surface area contributed by atoms with Crippen LogP contribution in [0.4, 0.5) is 0 Å². The molecule has 0 aliphatic carbocycles. The second-order valence-electron chi connectivity index (χ2n) is 2.64. The molecule has 0 unspecified atom stereocenters. The number of halogens is 1. The summed E-state index contributed by atoms with van der Waals surface area (Å²) in [5, 5.41) is 5.50. The summed E-state index contributed by atoms with van der Waals surface area (Å²) >= 11 is 8.30. The largest absolute Gasteiger partial charge is 0.293 e. The summed E-state index contributed by atoms with van der Waals surface area (Å²) in [5.41, 5.74) is 0.943. The smallest absolute Gasteiger partial charge is 0.180 e. The van der Waals surface area contributed by atoms with Crippen LogP contribution < -0.4 is 0 Å². The molecule has 72 valence electrons. The fourth-order valence-electron chi connectivity index (χ4n) is 1.00. The van der Waals surface area contributed by atoms with Crippen molar-refractivity contribution in [3.63, 3.8) is 0 Å². The molecule has 0 radical (unpaired) electrons. The van der Waals surface area contributed by atoms with Crippen molar-refractivity contribution in [3.8, 4) is 0 Å². The Bertz CT molecular complexity index is 438. The van der Waals surface area contributed by atoms with Crippen LogP contribution in [0.5, 0.6) is 0 Å². The minimum atomic E-state index is 0.0365. The van der Waals surface area contributed by atoms with Crippen LogP contribution >= 0.6 is 34.5 Å². The Morgan fingerprint density at radius 3 is 3.00 bits per heavy atom. The van der Waals surface area contributed by atoms with E-state index in [1.54, 1.807) is 6.07 Å². The van der Waals surface area contributed by atoms with Crippen LogP contribution in [-0.2, 0) is 6.42 Å². The molecule has 2 heterocycles. The van der Waals surface area contributed by atoms with Crippen LogP contribution in [0.15, 0.2) is 17.6 Å². The lowest BCUT2D eigenvalue weighted by Crippen LogP contribution is -1.99. The third-order valence-electron chi connectivity index (χ3n) is 1.62. The first-order valence-electron chi connectivity index (χ1n) is 3.79. The molecule has 0 aliphatic heterocycles. The number of rotatable bonds is 3. The third kappa shape index (κ3) is 2.17. The SMILES string of the molecule is O=C(Cc1csc(Cl)c1)c1cnns1. The third-order valence-corrected chi connectivity index (χ3v) is 3.47. The fourth-order valence-corrected chi connectivity index (χ4v) is 2.36. The van der Waals surface area contributed by atoms with E-state index < -0.39 is 0 Å². The zero-order valence-electron chi connectivity index (χ0n) is 6.94. The highest BCUT2D eigenvalue weighted by Gasteiger charge is 2.10. The molecule has 0 saturated carbocycles. The molecule has 0 N–H and O–H groups in total. The molecule has 2 aromatic rings. The van der Waals surface area contributed by atoms with E-state index in [1.165, 1.54) is 17.5 Å². The van der Waals surface area contributed by atoms with E-state index in [-0.39, 0.29) is 5.78 Å². The number of ketones is 1. The molecule has 0 spiro atoms. The van der Waals surface area contributed by atoms with Crippen LogP contribution in [0.2, 0.25) is 4.34 Å². The number of hydrogen-bond donors (Lipinski definition) is 0. The van der Waals surface area contributed by atoms with Gasteiger partial charge >= 0.3 is 0 Å². The zero-order valence-corrected chi connectivity index (χ0v) is 9.33. The van der Waals surface area contributed by atoms with Crippen molar-refractivity contribution < 1.29 is 4.79 Å². The number of Topliss-reactive ketones (excluding diaryl/α,β-unsaturated/α-hetero) is 1. The molecule has 0 saturated heterocycles. The van der Waals surface area contributed by atoms with E-state index in [0.29, 0.717) is 15.6 Å². The first-order chi connectivity index (χ1) is 6.75. The van der Waals surface area contributed by atoms with E-state index in [4.69, 9.17) is 11.6 Å². The minimum Gasteiger partial charge on any atom is -0.293 e. The monoisotopic (exact) mass is 244 g/mol. The molecule has 6 heteroatoms. The van der Waals surface area contributed by atoms with E-state index in [1.807, 2.05) is 5.38 Å².